The Hall–Kier alpha value is -2.99. The van der Waals surface area contributed by atoms with E-state index in [4.69, 9.17) is 4.42 Å². The van der Waals surface area contributed by atoms with Crippen molar-refractivity contribution in [3.8, 4) is 0 Å². The van der Waals surface area contributed by atoms with E-state index >= 15 is 0 Å². The summed E-state index contributed by atoms with van der Waals surface area (Å²) < 4.78 is 59.4. The first-order chi connectivity index (χ1) is 15.6. The molecule has 0 radical (unpaired) electrons. The maximum Gasteiger partial charge on any atom is 0.240 e. The number of amides is 1. The van der Waals surface area contributed by atoms with Gasteiger partial charge >= 0.3 is 0 Å². The number of carbonyl (C=O) groups is 1. The molecular weight excluding hydrogens is 466 g/mol. The van der Waals surface area contributed by atoms with E-state index in [2.05, 4.69) is 14.8 Å². The number of nitrogens with one attached hydrogen (secondary N) is 3. The van der Waals surface area contributed by atoms with Gasteiger partial charge in [-0.05, 0) is 73.5 Å². The molecule has 1 heterocycles. The highest BCUT2D eigenvalue weighted by atomic mass is 32.2. The summed E-state index contributed by atoms with van der Waals surface area (Å²) in [7, 11) is -7.47. The Morgan fingerprint density at radius 3 is 2.15 bits per heavy atom. The molecule has 0 aliphatic rings. The molecule has 1 aromatic heterocycles. The third-order valence-corrected chi connectivity index (χ3v) is 7.77. The molecule has 0 spiro atoms. The molecule has 3 aromatic rings. The summed E-state index contributed by atoms with van der Waals surface area (Å²) in [4.78, 5) is 12.3. The summed E-state index contributed by atoms with van der Waals surface area (Å²) >= 11 is 0. The van der Waals surface area contributed by atoms with E-state index in [9.17, 15) is 21.6 Å². The minimum atomic E-state index is -3.74. The Balaban J connectivity index is 1.50. The van der Waals surface area contributed by atoms with Gasteiger partial charge in [0.25, 0.3) is 0 Å². The second kappa shape index (κ2) is 10.3. The summed E-state index contributed by atoms with van der Waals surface area (Å²) in [5.41, 5.74) is 2.24. The van der Waals surface area contributed by atoms with Crippen molar-refractivity contribution in [1.29, 1.82) is 0 Å². The third-order valence-electron chi connectivity index (χ3n) is 4.90. The lowest BCUT2D eigenvalue weighted by molar-refractivity contribution is -0.116. The van der Waals surface area contributed by atoms with Crippen LogP contribution in [-0.2, 0) is 31.4 Å². The van der Waals surface area contributed by atoms with Crippen molar-refractivity contribution in [1.82, 2.24) is 9.44 Å². The lowest BCUT2D eigenvalue weighted by Crippen LogP contribution is -2.28. The molecule has 3 N–H and O–H groups in total. The second-order valence-electron chi connectivity index (χ2n) is 7.37. The zero-order valence-electron chi connectivity index (χ0n) is 18.2. The number of benzene rings is 2. The lowest BCUT2D eigenvalue weighted by Gasteiger charge is -2.10. The maximum absolute atomic E-state index is 12.4. The van der Waals surface area contributed by atoms with Gasteiger partial charge in [0.1, 0.15) is 5.76 Å². The van der Waals surface area contributed by atoms with Gasteiger partial charge in [0.05, 0.1) is 22.6 Å². The van der Waals surface area contributed by atoms with E-state index in [1.54, 1.807) is 24.3 Å². The van der Waals surface area contributed by atoms with Crippen LogP contribution in [0.2, 0.25) is 0 Å². The number of rotatable bonds is 10. The van der Waals surface area contributed by atoms with E-state index in [-0.39, 0.29) is 29.3 Å². The van der Waals surface area contributed by atoms with Crippen LogP contribution in [0.5, 0.6) is 0 Å². The molecule has 0 bridgehead atoms. The van der Waals surface area contributed by atoms with E-state index in [1.807, 2.05) is 13.8 Å². The predicted octanol–water partition coefficient (Wildman–Crippen LogP) is 2.68. The summed E-state index contributed by atoms with van der Waals surface area (Å²) in [6, 6.07) is 13.8. The summed E-state index contributed by atoms with van der Waals surface area (Å²) in [5.74, 6) is 0.0694. The van der Waals surface area contributed by atoms with Crippen LogP contribution in [0.4, 0.5) is 5.69 Å². The molecule has 1 amide bonds. The fourth-order valence-electron chi connectivity index (χ4n) is 2.87. The van der Waals surface area contributed by atoms with Crippen molar-refractivity contribution in [3.05, 3.63) is 77.7 Å². The van der Waals surface area contributed by atoms with Gasteiger partial charge in [-0.1, -0.05) is 6.07 Å². The minimum Gasteiger partial charge on any atom is -0.468 e. The van der Waals surface area contributed by atoms with Crippen molar-refractivity contribution in [2.75, 3.05) is 11.9 Å². The topological polar surface area (TPSA) is 135 Å². The van der Waals surface area contributed by atoms with Crippen LogP contribution in [0.15, 0.2) is 75.1 Å². The summed E-state index contributed by atoms with van der Waals surface area (Å²) in [6.07, 6.45) is 1.37. The normalized spacial score (nSPS) is 11.9. The van der Waals surface area contributed by atoms with Crippen LogP contribution in [0.25, 0.3) is 0 Å². The fraction of sp³-hybridized carbons (Fsp3) is 0.227. The van der Waals surface area contributed by atoms with Gasteiger partial charge in [0, 0.05) is 18.7 Å². The largest absolute Gasteiger partial charge is 0.468 e. The molecule has 11 heteroatoms. The number of sulfonamides is 2. The van der Waals surface area contributed by atoms with E-state index < -0.39 is 26.0 Å². The van der Waals surface area contributed by atoms with E-state index in [0.29, 0.717) is 11.4 Å². The highest BCUT2D eigenvalue weighted by Gasteiger charge is 2.16. The standard InChI is InChI=1S/C22H25N3O6S2/c1-16-5-8-21(14-17(16)2)33(29,30)23-12-11-22(26)25-18-6-9-20(10-7-18)32(27,28)24-15-19-4-3-13-31-19/h3-10,13-14,23-24H,11-12,15H2,1-2H3,(H,25,26). The number of anilines is 1. The molecular formula is C22H25N3O6S2. The Morgan fingerprint density at radius 2 is 1.52 bits per heavy atom. The Kier molecular flexibility index (Phi) is 7.69. The maximum atomic E-state index is 12.4. The fourth-order valence-corrected chi connectivity index (χ4v) is 4.98. The lowest BCUT2D eigenvalue weighted by atomic mass is 10.1. The molecule has 0 atom stereocenters. The van der Waals surface area contributed by atoms with Gasteiger partial charge in [-0.25, -0.2) is 26.3 Å². The second-order valence-corrected chi connectivity index (χ2v) is 10.9. The molecule has 9 nitrogen and oxygen atoms in total. The zero-order valence-corrected chi connectivity index (χ0v) is 19.8. The van der Waals surface area contributed by atoms with Crippen molar-refractivity contribution in [2.24, 2.45) is 0 Å². The van der Waals surface area contributed by atoms with Crippen LogP contribution >= 0.6 is 0 Å². The first kappa shape index (κ1) is 24.6. The highest BCUT2D eigenvalue weighted by Crippen LogP contribution is 2.16. The van der Waals surface area contributed by atoms with Crippen LogP contribution in [-0.4, -0.2) is 29.3 Å². The minimum absolute atomic E-state index is 0.0197. The number of aryl methyl sites for hydroxylation is 2. The quantitative estimate of drug-likeness (QED) is 0.399. The average molecular weight is 492 g/mol. The Morgan fingerprint density at radius 1 is 0.848 bits per heavy atom. The summed E-state index contributed by atoms with van der Waals surface area (Å²) in [5, 5.41) is 2.61. The van der Waals surface area contributed by atoms with Gasteiger partial charge in [-0.15, -0.1) is 0 Å². The number of hydrogen-bond acceptors (Lipinski definition) is 6. The molecule has 0 fully saturated rings. The number of hydrogen-bond donors (Lipinski definition) is 3. The van der Waals surface area contributed by atoms with Crippen molar-refractivity contribution in [2.45, 2.75) is 36.6 Å². The number of carbonyl (C=O) groups excluding carboxylic acids is 1. The van der Waals surface area contributed by atoms with Gasteiger partial charge in [0.15, 0.2) is 0 Å². The van der Waals surface area contributed by atoms with Crippen molar-refractivity contribution < 1.29 is 26.0 Å². The molecule has 2 aromatic carbocycles. The third kappa shape index (κ3) is 6.75. The van der Waals surface area contributed by atoms with E-state index in [0.717, 1.165) is 11.1 Å². The first-order valence-corrected chi connectivity index (χ1v) is 13.0. The highest BCUT2D eigenvalue weighted by molar-refractivity contribution is 7.89. The molecule has 3 rings (SSSR count). The van der Waals surface area contributed by atoms with Gasteiger partial charge < -0.3 is 9.73 Å². The van der Waals surface area contributed by atoms with Gasteiger partial charge in [0.2, 0.25) is 26.0 Å². The van der Waals surface area contributed by atoms with Crippen LogP contribution in [0.3, 0.4) is 0 Å². The van der Waals surface area contributed by atoms with E-state index in [1.165, 1.54) is 36.6 Å². The van der Waals surface area contributed by atoms with Crippen LogP contribution in [0, 0.1) is 13.8 Å². The predicted molar refractivity (Wildman–Crippen MR) is 124 cm³/mol. The van der Waals surface area contributed by atoms with Crippen molar-refractivity contribution >= 4 is 31.6 Å². The monoisotopic (exact) mass is 491 g/mol. The van der Waals surface area contributed by atoms with Crippen LogP contribution < -0.4 is 14.8 Å². The molecule has 0 aliphatic carbocycles. The molecule has 0 unspecified atom stereocenters. The Bertz CT molecular complexity index is 1320. The summed E-state index contributed by atoms with van der Waals surface area (Å²) in [6.45, 7) is 3.66. The zero-order chi connectivity index (χ0) is 24.1. The smallest absolute Gasteiger partial charge is 0.240 e. The molecule has 33 heavy (non-hydrogen) atoms. The molecule has 0 aliphatic heterocycles. The van der Waals surface area contributed by atoms with Gasteiger partial charge in [-0.3, -0.25) is 4.79 Å². The molecule has 0 saturated carbocycles. The van der Waals surface area contributed by atoms with Crippen LogP contribution in [0.1, 0.15) is 23.3 Å². The Labute approximate surface area is 193 Å². The van der Waals surface area contributed by atoms with Crippen molar-refractivity contribution in [3.63, 3.8) is 0 Å². The SMILES string of the molecule is Cc1ccc(S(=O)(=O)NCCC(=O)Nc2ccc(S(=O)(=O)NCc3ccco3)cc2)cc1C. The molecule has 176 valence electrons. The molecule has 0 saturated heterocycles. The average Bonchev–Trinajstić information content (AvgIpc) is 3.28. The number of furan rings is 1. The first-order valence-electron chi connectivity index (χ1n) is 10.1. The van der Waals surface area contributed by atoms with Gasteiger partial charge in [-0.2, -0.15) is 0 Å².